The Bertz CT molecular complexity index is 628. The number of nitrogens with one attached hydrogen (secondary N) is 2. The summed E-state index contributed by atoms with van der Waals surface area (Å²) in [4.78, 5) is 22.0. The highest BCUT2D eigenvalue weighted by Crippen LogP contribution is 2.19. The Hall–Kier alpha value is -2.49. The first kappa shape index (κ1) is 15.6. The van der Waals surface area contributed by atoms with E-state index in [0.717, 1.165) is 6.07 Å². The van der Waals surface area contributed by atoms with Crippen LogP contribution in [0.1, 0.15) is 17.3 Å². The van der Waals surface area contributed by atoms with Gasteiger partial charge in [-0.3, -0.25) is 4.72 Å². The molecular formula is C10H13N3O6S. The Morgan fingerprint density at radius 3 is 2.60 bits per heavy atom. The molecule has 0 spiro atoms. The van der Waals surface area contributed by atoms with Gasteiger partial charge < -0.3 is 15.6 Å². The van der Waals surface area contributed by atoms with Crippen LogP contribution in [0, 0.1) is 0 Å². The van der Waals surface area contributed by atoms with E-state index in [0.29, 0.717) is 0 Å². The van der Waals surface area contributed by atoms with Crippen molar-refractivity contribution in [2.45, 2.75) is 6.92 Å². The first-order chi connectivity index (χ1) is 9.25. The molecule has 10 heteroatoms. The van der Waals surface area contributed by atoms with Gasteiger partial charge in [-0.25, -0.2) is 14.3 Å². The molecular weight excluding hydrogens is 290 g/mol. The lowest BCUT2D eigenvalue weighted by molar-refractivity contribution is 0.0698. The zero-order valence-electron chi connectivity index (χ0n) is 10.4. The smallest absolute Gasteiger partial charge is 0.422 e. The summed E-state index contributed by atoms with van der Waals surface area (Å²) in [7, 11) is -4.30. The third kappa shape index (κ3) is 4.31. The molecule has 0 atom stereocenters. The second kappa shape index (κ2) is 6.10. The minimum Gasteiger partial charge on any atom is -0.478 e. The zero-order chi connectivity index (χ0) is 15.3. The summed E-state index contributed by atoms with van der Waals surface area (Å²) in [6.07, 6.45) is -1.17. The molecule has 0 bridgehead atoms. The van der Waals surface area contributed by atoms with Gasteiger partial charge in [-0.2, -0.15) is 8.42 Å². The second-order valence-corrected chi connectivity index (χ2v) is 4.95. The standard InChI is InChI=1S/C10H13N3O6S/c1-2-19-10(16)13-20(17,18)12-8-4-3-6(11)5-7(8)9(14)15/h3-5,12H,2,11H2,1H3,(H,13,16)(H,14,15). The fourth-order valence-electron chi connectivity index (χ4n) is 1.27. The minimum atomic E-state index is -4.30. The van der Waals surface area contributed by atoms with Crippen LogP contribution in [0.2, 0.25) is 0 Å². The number of nitrogen functional groups attached to an aromatic ring is 1. The fraction of sp³-hybridized carbons (Fsp3) is 0.200. The average molecular weight is 303 g/mol. The van der Waals surface area contributed by atoms with Crippen molar-refractivity contribution < 1.29 is 27.9 Å². The van der Waals surface area contributed by atoms with Crippen LogP contribution in [0.4, 0.5) is 16.2 Å². The lowest BCUT2D eigenvalue weighted by atomic mass is 10.1. The van der Waals surface area contributed by atoms with Crippen LogP contribution in [0.5, 0.6) is 0 Å². The number of benzene rings is 1. The van der Waals surface area contributed by atoms with E-state index in [4.69, 9.17) is 10.8 Å². The van der Waals surface area contributed by atoms with Crippen LogP contribution < -0.4 is 15.2 Å². The minimum absolute atomic E-state index is 0.0103. The number of rotatable bonds is 5. The number of nitrogens with two attached hydrogens (primary N) is 1. The molecule has 1 rings (SSSR count). The van der Waals surface area contributed by atoms with Crippen molar-refractivity contribution >= 4 is 33.6 Å². The molecule has 0 aliphatic rings. The summed E-state index contributed by atoms with van der Waals surface area (Å²) in [5, 5.41) is 8.95. The Labute approximate surface area is 114 Å². The lowest BCUT2D eigenvalue weighted by Crippen LogP contribution is -2.36. The van der Waals surface area contributed by atoms with Gasteiger partial charge in [-0.15, -0.1) is 0 Å². The number of carboxylic acids is 1. The normalized spacial score (nSPS) is 10.7. The van der Waals surface area contributed by atoms with Crippen molar-refractivity contribution in [3.05, 3.63) is 23.8 Å². The van der Waals surface area contributed by atoms with Crippen LogP contribution in [-0.2, 0) is 14.9 Å². The van der Waals surface area contributed by atoms with Crippen molar-refractivity contribution in [3.8, 4) is 0 Å². The Balaban J connectivity index is 2.98. The second-order valence-electron chi connectivity index (χ2n) is 3.54. The maximum atomic E-state index is 11.6. The quantitative estimate of drug-likeness (QED) is 0.574. The van der Waals surface area contributed by atoms with Crippen molar-refractivity contribution in [2.24, 2.45) is 0 Å². The first-order valence-corrected chi connectivity index (χ1v) is 6.83. The van der Waals surface area contributed by atoms with Gasteiger partial charge in [-0.1, -0.05) is 0 Å². The number of amides is 1. The number of carboxylic acid groups (broad SMARTS) is 1. The molecule has 1 amide bonds. The summed E-state index contributed by atoms with van der Waals surface area (Å²) in [6.45, 7) is 1.49. The number of ether oxygens (including phenoxy) is 1. The Morgan fingerprint density at radius 2 is 2.05 bits per heavy atom. The van der Waals surface area contributed by atoms with E-state index in [1.165, 1.54) is 19.1 Å². The van der Waals surface area contributed by atoms with Gasteiger partial charge in [0.25, 0.3) is 0 Å². The molecule has 0 fully saturated rings. The summed E-state index contributed by atoms with van der Waals surface area (Å²) in [5.41, 5.74) is 4.99. The van der Waals surface area contributed by atoms with Crippen LogP contribution >= 0.6 is 0 Å². The number of anilines is 2. The molecule has 20 heavy (non-hydrogen) atoms. The third-order valence-corrected chi connectivity index (χ3v) is 2.94. The summed E-state index contributed by atoms with van der Waals surface area (Å²) >= 11 is 0. The largest absolute Gasteiger partial charge is 0.478 e. The molecule has 0 unspecified atom stereocenters. The number of carbonyl (C=O) groups excluding carboxylic acids is 1. The first-order valence-electron chi connectivity index (χ1n) is 5.35. The van der Waals surface area contributed by atoms with E-state index < -0.39 is 22.3 Å². The summed E-state index contributed by atoms with van der Waals surface area (Å²) < 4.78 is 31.1. The monoisotopic (exact) mass is 303 g/mol. The molecule has 5 N–H and O–H groups in total. The molecule has 0 aliphatic heterocycles. The molecule has 0 radical (unpaired) electrons. The van der Waals surface area contributed by atoms with E-state index in [1.54, 1.807) is 4.72 Å². The van der Waals surface area contributed by atoms with E-state index in [9.17, 15) is 18.0 Å². The highest BCUT2D eigenvalue weighted by Gasteiger charge is 2.19. The van der Waals surface area contributed by atoms with E-state index in [2.05, 4.69) is 4.74 Å². The number of hydrogen-bond donors (Lipinski definition) is 4. The molecule has 1 aromatic rings. The Kier molecular flexibility index (Phi) is 4.75. The Morgan fingerprint density at radius 1 is 1.40 bits per heavy atom. The van der Waals surface area contributed by atoms with E-state index in [-0.39, 0.29) is 23.5 Å². The van der Waals surface area contributed by atoms with Crippen LogP contribution in [0.3, 0.4) is 0 Å². The molecule has 0 saturated heterocycles. The summed E-state index contributed by atoms with van der Waals surface area (Å²) in [6, 6.07) is 3.57. The van der Waals surface area contributed by atoms with Crippen molar-refractivity contribution in [1.29, 1.82) is 0 Å². The number of carbonyl (C=O) groups is 2. The zero-order valence-corrected chi connectivity index (χ0v) is 11.2. The van der Waals surface area contributed by atoms with Gasteiger partial charge >= 0.3 is 22.3 Å². The third-order valence-electron chi connectivity index (χ3n) is 2.01. The molecule has 0 saturated carbocycles. The lowest BCUT2D eigenvalue weighted by Gasteiger charge is -2.11. The molecule has 110 valence electrons. The molecule has 0 aromatic heterocycles. The fourth-order valence-corrected chi connectivity index (χ4v) is 2.07. The van der Waals surface area contributed by atoms with Crippen LogP contribution in [-0.4, -0.2) is 32.2 Å². The van der Waals surface area contributed by atoms with Gasteiger partial charge in [-0.05, 0) is 25.1 Å². The van der Waals surface area contributed by atoms with Crippen molar-refractivity contribution in [2.75, 3.05) is 17.1 Å². The number of aromatic carboxylic acids is 1. The SMILES string of the molecule is CCOC(=O)NS(=O)(=O)Nc1ccc(N)cc1C(=O)O. The van der Waals surface area contributed by atoms with Crippen molar-refractivity contribution in [3.63, 3.8) is 0 Å². The van der Waals surface area contributed by atoms with E-state index in [1.807, 2.05) is 4.72 Å². The van der Waals surface area contributed by atoms with Gasteiger partial charge in [0, 0.05) is 5.69 Å². The molecule has 0 aliphatic carbocycles. The van der Waals surface area contributed by atoms with Crippen LogP contribution in [0.15, 0.2) is 18.2 Å². The van der Waals surface area contributed by atoms with E-state index >= 15 is 0 Å². The van der Waals surface area contributed by atoms with Gasteiger partial charge in [0.15, 0.2) is 0 Å². The molecule has 9 nitrogen and oxygen atoms in total. The highest BCUT2D eigenvalue weighted by molar-refractivity contribution is 7.91. The maximum absolute atomic E-state index is 11.6. The van der Waals surface area contributed by atoms with Crippen LogP contribution in [0.25, 0.3) is 0 Å². The predicted octanol–water partition coefficient (Wildman–Crippen LogP) is 0.370. The van der Waals surface area contributed by atoms with Gasteiger partial charge in [0.2, 0.25) is 0 Å². The van der Waals surface area contributed by atoms with Crippen molar-refractivity contribution in [1.82, 2.24) is 4.72 Å². The average Bonchev–Trinajstić information content (AvgIpc) is 2.30. The number of hydrogen-bond acceptors (Lipinski definition) is 6. The molecule has 0 heterocycles. The predicted molar refractivity (Wildman–Crippen MR) is 70.5 cm³/mol. The van der Waals surface area contributed by atoms with Gasteiger partial charge in [0.1, 0.15) is 0 Å². The summed E-state index contributed by atoms with van der Waals surface area (Å²) in [5.74, 6) is -1.37. The molecule has 1 aromatic carbocycles. The highest BCUT2D eigenvalue weighted by atomic mass is 32.2. The topological polar surface area (TPSA) is 148 Å². The van der Waals surface area contributed by atoms with Gasteiger partial charge in [0.05, 0.1) is 17.9 Å². The maximum Gasteiger partial charge on any atom is 0.422 e.